The maximum absolute atomic E-state index is 10.8. The summed E-state index contributed by atoms with van der Waals surface area (Å²) >= 11 is 0. The van der Waals surface area contributed by atoms with E-state index in [1.807, 2.05) is 0 Å². The van der Waals surface area contributed by atoms with Crippen molar-refractivity contribution in [1.82, 2.24) is 9.71 Å². The highest BCUT2D eigenvalue weighted by molar-refractivity contribution is 5.69. The summed E-state index contributed by atoms with van der Waals surface area (Å²) in [5.41, 5.74) is 0. The van der Waals surface area contributed by atoms with Crippen LogP contribution < -0.4 is 4.84 Å². The smallest absolute Gasteiger partial charge is 0.332 e. The molecule has 1 aromatic rings. The molecule has 4 heteroatoms. The van der Waals surface area contributed by atoms with Crippen molar-refractivity contribution in [3.05, 3.63) is 18.2 Å². The van der Waals surface area contributed by atoms with Crippen molar-refractivity contribution < 1.29 is 9.63 Å². The third kappa shape index (κ3) is 1.80. The van der Waals surface area contributed by atoms with Gasteiger partial charge in [-0.1, -0.05) is 6.92 Å². The van der Waals surface area contributed by atoms with E-state index in [2.05, 4.69) is 4.98 Å². The Hall–Kier alpha value is -1.32. The van der Waals surface area contributed by atoms with Gasteiger partial charge in [0, 0.05) is 12.6 Å². The van der Waals surface area contributed by atoms with Gasteiger partial charge in [0.15, 0.2) is 0 Å². The Kier molecular flexibility index (Phi) is 2.25. The minimum Gasteiger partial charge on any atom is -0.335 e. The summed E-state index contributed by atoms with van der Waals surface area (Å²) in [5.74, 6) is 0.415. The van der Waals surface area contributed by atoms with Gasteiger partial charge in [-0.3, -0.25) is 0 Å². The standard InChI is InChI=1S/C7H10N2O2/c1-3-7(10)11-9-5-4-8-6(9)2/h4-5H,3H2,1-2H3. The van der Waals surface area contributed by atoms with E-state index in [1.54, 1.807) is 26.2 Å². The van der Waals surface area contributed by atoms with E-state index < -0.39 is 0 Å². The molecule has 11 heavy (non-hydrogen) atoms. The Morgan fingerprint density at radius 3 is 3.00 bits per heavy atom. The second kappa shape index (κ2) is 3.18. The second-order valence-corrected chi connectivity index (χ2v) is 2.12. The summed E-state index contributed by atoms with van der Waals surface area (Å²) in [6, 6.07) is 0. The van der Waals surface area contributed by atoms with Gasteiger partial charge in [-0.2, -0.15) is 4.73 Å². The monoisotopic (exact) mass is 154 g/mol. The van der Waals surface area contributed by atoms with Crippen LogP contribution in [0.3, 0.4) is 0 Å². The van der Waals surface area contributed by atoms with Crippen LogP contribution in [0.25, 0.3) is 0 Å². The van der Waals surface area contributed by atoms with E-state index in [1.165, 1.54) is 4.73 Å². The summed E-state index contributed by atoms with van der Waals surface area (Å²) in [6.07, 6.45) is 3.55. The van der Waals surface area contributed by atoms with Gasteiger partial charge >= 0.3 is 5.97 Å². The van der Waals surface area contributed by atoms with Crippen LogP contribution in [-0.2, 0) is 4.79 Å². The first-order valence-electron chi connectivity index (χ1n) is 3.45. The van der Waals surface area contributed by atoms with Gasteiger partial charge in [-0.15, -0.1) is 0 Å². The van der Waals surface area contributed by atoms with Crippen LogP contribution in [0.15, 0.2) is 12.4 Å². The van der Waals surface area contributed by atoms with Crippen molar-refractivity contribution in [2.45, 2.75) is 20.3 Å². The summed E-state index contributed by atoms with van der Waals surface area (Å²) in [6.45, 7) is 3.51. The molecule has 0 aromatic carbocycles. The third-order valence-corrected chi connectivity index (χ3v) is 1.27. The van der Waals surface area contributed by atoms with Crippen LogP contribution in [0.5, 0.6) is 0 Å². The van der Waals surface area contributed by atoms with Crippen LogP contribution in [-0.4, -0.2) is 15.7 Å². The summed E-state index contributed by atoms with van der Waals surface area (Å²) < 4.78 is 1.35. The zero-order valence-electron chi connectivity index (χ0n) is 6.57. The van der Waals surface area contributed by atoms with Crippen LogP contribution in [0.2, 0.25) is 0 Å². The molecule has 0 N–H and O–H groups in total. The fourth-order valence-electron chi connectivity index (χ4n) is 0.637. The predicted octanol–water partition coefficient (Wildman–Crippen LogP) is 0.557. The molecule has 0 atom stereocenters. The molecule has 1 aromatic heterocycles. The largest absolute Gasteiger partial charge is 0.335 e. The van der Waals surface area contributed by atoms with Crippen molar-refractivity contribution in [3.63, 3.8) is 0 Å². The molecule has 0 bridgehead atoms. The fraction of sp³-hybridized carbons (Fsp3) is 0.429. The summed E-state index contributed by atoms with van der Waals surface area (Å²) in [5, 5.41) is 0. The van der Waals surface area contributed by atoms with Gasteiger partial charge in [-0.05, 0) is 6.92 Å². The molecule has 1 rings (SSSR count). The Morgan fingerprint density at radius 1 is 1.82 bits per heavy atom. The quantitative estimate of drug-likeness (QED) is 0.625. The maximum atomic E-state index is 10.8. The number of rotatable bonds is 2. The molecule has 0 aliphatic heterocycles. The molecule has 0 aliphatic carbocycles. The number of hydrogen-bond acceptors (Lipinski definition) is 3. The fourth-order valence-corrected chi connectivity index (χ4v) is 0.637. The second-order valence-electron chi connectivity index (χ2n) is 2.12. The van der Waals surface area contributed by atoms with E-state index in [4.69, 9.17) is 4.84 Å². The molecular weight excluding hydrogens is 144 g/mol. The molecule has 60 valence electrons. The highest BCUT2D eigenvalue weighted by atomic mass is 16.7. The van der Waals surface area contributed by atoms with E-state index in [0.717, 1.165) is 0 Å². The molecule has 0 saturated carbocycles. The number of carbonyl (C=O) groups is 1. The normalized spacial score (nSPS) is 9.64. The third-order valence-electron chi connectivity index (χ3n) is 1.27. The molecule has 0 amide bonds. The lowest BCUT2D eigenvalue weighted by atomic mass is 10.5. The van der Waals surface area contributed by atoms with Gasteiger partial charge in [-0.25, -0.2) is 9.78 Å². The maximum Gasteiger partial charge on any atom is 0.332 e. The first-order valence-corrected chi connectivity index (χ1v) is 3.45. The minimum atomic E-state index is -0.258. The van der Waals surface area contributed by atoms with Crippen LogP contribution in [0.1, 0.15) is 19.2 Å². The van der Waals surface area contributed by atoms with E-state index in [0.29, 0.717) is 12.2 Å². The van der Waals surface area contributed by atoms with E-state index in [9.17, 15) is 4.79 Å². The van der Waals surface area contributed by atoms with Crippen molar-refractivity contribution >= 4 is 5.97 Å². The molecule has 1 heterocycles. The lowest BCUT2D eigenvalue weighted by Gasteiger charge is -2.02. The van der Waals surface area contributed by atoms with E-state index in [-0.39, 0.29) is 5.97 Å². The number of nitrogens with zero attached hydrogens (tertiary/aromatic N) is 2. The average Bonchev–Trinajstić information content (AvgIpc) is 2.37. The molecule has 0 fully saturated rings. The van der Waals surface area contributed by atoms with Gasteiger partial charge in [0.1, 0.15) is 5.82 Å². The Morgan fingerprint density at radius 2 is 2.55 bits per heavy atom. The summed E-state index contributed by atoms with van der Waals surface area (Å²) in [4.78, 5) is 19.5. The highest BCUT2D eigenvalue weighted by Crippen LogP contribution is 1.91. The Labute approximate surface area is 64.8 Å². The lowest BCUT2D eigenvalue weighted by molar-refractivity contribution is -0.144. The van der Waals surface area contributed by atoms with Gasteiger partial charge in [0.2, 0.25) is 0 Å². The molecular formula is C7H10N2O2. The number of aromatic nitrogens is 2. The zero-order valence-corrected chi connectivity index (χ0v) is 6.57. The Bertz CT molecular complexity index is 255. The predicted molar refractivity (Wildman–Crippen MR) is 38.8 cm³/mol. The molecule has 0 radical (unpaired) electrons. The lowest BCUT2D eigenvalue weighted by Crippen LogP contribution is -2.18. The molecule has 0 unspecified atom stereocenters. The van der Waals surface area contributed by atoms with Crippen molar-refractivity contribution in [3.8, 4) is 0 Å². The molecule has 4 nitrogen and oxygen atoms in total. The van der Waals surface area contributed by atoms with Crippen LogP contribution in [0.4, 0.5) is 0 Å². The van der Waals surface area contributed by atoms with Crippen molar-refractivity contribution in [1.29, 1.82) is 0 Å². The first-order chi connectivity index (χ1) is 5.24. The number of aryl methyl sites for hydroxylation is 1. The van der Waals surface area contributed by atoms with Crippen molar-refractivity contribution in [2.75, 3.05) is 0 Å². The highest BCUT2D eigenvalue weighted by Gasteiger charge is 2.01. The average molecular weight is 154 g/mol. The van der Waals surface area contributed by atoms with Crippen LogP contribution in [0, 0.1) is 6.92 Å². The number of imidazole rings is 1. The van der Waals surface area contributed by atoms with Crippen LogP contribution >= 0.6 is 0 Å². The zero-order chi connectivity index (χ0) is 8.27. The molecule has 0 spiro atoms. The van der Waals surface area contributed by atoms with Gasteiger partial charge in [0.05, 0.1) is 6.20 Å². The first kappa shape index (κ1) is 7.78. The SMILES string of the molecule is CCC(=O)On1ccnc1C. The van der Waals surface area contributed by atoms with Gasteiger partial charge < -0.3 is 4.84 Å². The number of carbonyl (C=O) groups excluding carboxylic acids is 1. The Balaban J connectivity index is 2.64. The molecule has 0 saturated heterocycles. The molecule has 0 aliphatic rings. The number of hydrogen-bond donors (Lipinski definition) is 0. The summed E-state index contributed by atoms with van der Waals surface area (Å²) in [7, 11) is 0. The van der Waals surface area contributed by atoms with Gasteiger partial charge in [0.25, 0.3) is 0 Å². The topological polar surface area (TPSA) is 44.1 Å². The van der Waals surface area contributed by atoms with Crippen molar-refractivity contribution in [2.24, 2.45) is 0 Å². The van der Waals surface area contributed by atoms with E-state index >= 15 is 0 Å². The minimum absolute atomic E-state index is 0.258.